The molecule has 0 saturated carbocycles. The van der Waals surface area contributed by atoms with Gasteiger partial charge in [-0.25, -0.2) is 0 Å². The number of hydrogen-bond donors (Lipinski definition) is 2. The summed E-state index contributed by atoms with van der Waals surface area (Å²) >= 11 is 0. The van der Waals surface area contributed by atoms with E-state index in [0.29, 0.717) is 11.1 Å². The SMILES string of the molecule is CC(C)(C)c1cc(-c2ccccc2)c(O)c(-c2cc(C(C)(C)C)c(C(C)(C)C)cc2O)c1. The van der Waals surface area contributed by atoms with Crippen LogP contribution in [0, 0.1) is 0 Å². The molecule has 0 atom stereocenters. The topological polar surface area (TPSA) is 40.5 Å². The number of rotatable bonds is 2. The second kappa shape index (κ2) is 7.99. The largest absolute Gasteiger partial charge is 0.507 e. The van der Waals surface area contributed by atoms with Crippen molar-refractivity contribution in [2.24, 2.45) is 0 Å². The van der Waals surface area contributed by atoms with Crippen molar-refractivity contribution in [2.75, 3.05) is 0 Å². The molecule has 170 valence electrons. The van der Waals surface area contributed by atoms with Crippen LogP contribution in [0.5, 0.6) is 11.5 Å². The molecule has 3 rings (SSSR count). The molecule has 2 heteroatoms. The van der Waals surface area contributed by atoms with E-state index in [-0.39, 0.29) is 27.7 Å². The lowest BCUT2D eigenvalue weighted by Crippen LogP contribution is -2.22. The summed E-state index contributed by atoms with van der Waals surface area (Å²) in [5.41, 5.74) is 6.17. The lowest BCUT2D eigenvalue weighted by molar-refractivity contribution is 0.463. The highest BCUT2D eigenvalue weighted by atomic mass is 16.3. The lowest BCUT2D eigenvalue weighted by Gasteiger charge is -2.31. The van der Waals surface area contributed by atoms with E-state index in [4.69, 9.17) is 0 Å². The van der Waals surface area contributed by atoms with Gasteiger partial charge in [-0.05, 0) is 62.8 Å². The molecule has 0 amide bonds. The Morgan fingerprint density at radius 2 is 1.03 bits per heavy atom. The molecule has 3 aromatic rings. The van der Waals surface area contributed by atoms with Gasteiger partial charge in [0, 0.05) is 16.7 Å². The van der Waals surface area contributed by atoms with Gasteiger partial charge in [-0.3, -0.25) is 0 Å². The third-order valence-electron chi connectivity index (χ3n) is 6.10. The molecule has 0 aliphatic heterocycles. The molecule has 0 saturated heterocycles. The Hall–Kier alpha value is -2.74. The number of hydrogen-bond acceptors (Lipinski definition) is 2. The first-order valence-electron chi connectivity index (χ1n) is 11.4. The van der Waals surface area contributed by atoms with Crippen LogP contribution in [-0.4, -0.2) is 10.2 Å². The normalized spacial score (nSPS) is 12.8. The summed E-state index contributed by atoms with van der Waals surface area (Å²) < 4.78 is 0. The monoisotopic (exact) mass is 430 g/mol. The van der Waals surface area contributed by atoms with Crippen molar-refractivity contribution < 1.29 is 10.2 Å². The minimum Gasteiger partial charge on any atom is -0.507 e. The Morgan fingerprint density at radius 3 is 1.53 bits per heavy atom. The highest BCUT2D eigenvalue weighted by Crippen LogP contribution is 2.47. The molecule has 0 fully saturated rings. The van der Waals surface area contributed by atoms with Crippen molar-refractivity contribution in [3.8, 4) is 33.8 Å². The Morgan fingerprint density at radius 1 is 0.531 bits per heavy atom. The molecule has 2 N–H and O–H groups in total. The fourth-order valence-corrected chi connectivity index (χ4v) is 4.16. The van der Waals surface area contributed by atoms with Crippen molar-refractivity contribution in [1.29, 1.82) is 0 Å². The quantitative estimate of drug-likeness (QED) is 0.429. The summed E-state index contributed by atoms with van der Waals surface area (Å²) in [4.78, 5) is 0. The molecule has 0 heterocycles. The van der Waals surface area contributed by atoms with Gasteiger partial charge in [0.25, 0.3) is 0 Å². The molecule has 2 nitrogen and oxygen atoms in total. The van der Waals surface area contributed by atoms with E-state index >= 15 is 0 Å². The molecule has 0 aromatic heterocycles. The zero-order valence-electron chi connectivity index (χ0n) is 21.1. The molecule has 0 radical (unpaired) electrons. The third kappa shape index (κ3) is 4.70. The Balaban J connectivity index is 2.39. The number of phenolic OH excluding ortho intramolecular Hbond substituents is 2. The highest BCUT2D eigenvalue weighted by Gasteiger charge is 2.29. The van der Waals surface area contributed by atoms with Gasteiger partial charge in [-0.15, -0.1) is 0 Å². The van der Waals surface area contributed by atoms with Crippen LogP contribution >= 0.6 is 0 Å². The van der Waals surface area contributed by atoms with Gasteiger partial charge in [0.05, 0.1) is 0 Å². The molecule has 0 bridgehead atoms. The van der Waals surface area contributed by atoms with Crippen LogP contribution in [-0.2, 0) is 16.2 Å². The summed E-state index contributed by atoms with van der Waals surface area (Å²) in [6.45, 7) is 19.6. The van der Waals surface area contributed by atoms with E-state index in [9.17, 15) is 10.2 Å². The fraction of sp³-hybridized carbons (Fsp3) is 0.400. The fourth-order valence-electron chi connectivity index (χ4n) is 4.16. The van der Waals surface area contributed by atoms with E-state index < -0.39 is 0 Å². The summed E-state index contributed by atoms with van der Waals surface area (Å²) in [6.07, 6.45) is 0. The summed E-state index contributed by atoms with van der Waals surface area (Å²) in [5, 5.41) is 22.6. The standard InChI is InChI=1S/C30H38O2/c1-28(2,3)20-15-21(19-13-11-10-12-14-19)27(32)23(16-20)22-17-24(29(4,5)6)25(18-26(22)31)30(7,8)9/h10-18,31-32H,1-9H3. The van der Waals surface area contributed by atoms with E-state index in [2.05, 4.69) is 74.4 Å². The van der Waals surface area contributed by atoms with Gasteiger partial charge in [0.15, 0.2) is 0 Å². The first kappa shape index (κ1) is 23.9. The summed E-state index contributed by atoms with van der Waals surface area (Å²) in [7, 11) is 0. The van der Waals surface area contributed by atoms with Crippen molar-refractivity contribution in [2.45, 2.75) is 78.6 Å². The van der Waals surface area contributed by atoms with Crippen LogP contribution in [0.2, 0.25) is 0 Å². The number of phenols is 2. The van der Waals surface area contributed by atoms with E-state index in [1.165, 1.54) is 5.56 Å². The molecular formula is C30H38O2. The number of aromatic hydroxyl groups is 2. The zero-order chi connectivity index (χ0) is 24.1. The van der Waals surface area contributed by atoms with Crippen LogP contribution in [0.25, 0.3) is 22.3 Å². The molecule has 0 aliphatic rings. The van der Waals surface area contributed by atoms with Crippen LogP contribution in [0.15, 0.2) is 54.6 Å². The van der Waals surface area contributed by atoms with Crippen molar-refractivity contribution in [1.82, 2.24) is 0 Å². The van der Waals surface area contributed by atoms with E-state index in [1.54, 1.807) is 0 Å². The van der Waals surface area contributed by atoms with Gasteiger partial charge >= 0.3 is 0 Å². The van der Waals surface area contributed by atoms with E-state index in [0.717, 1.165) is 22.3 Å². The predicted molar refractivity (Wildman–Crippen MR) is 137 cm³/mol. The highest BCUT2D eigenvalue weighted by molar-refractivity contribution is 5.86. The Bertz CT molecular complexity index is 1120. The van der Waals surface area contributed by atoms with Crippen LogP contribution < -0.4 is 0 Å². The third-order valence-corrected chi connectivity index (χ3v) is 6.10. The molecule has 0 unspecified atom stereocenters. The maximum atomic E-state index is 11.4. The molecular weight excluding hydrogens is 392 g/mol. The van der Waals surface area contributed by atoms with Crippen molar-refractivity contribution in [3.05, 3.63) is 71.3 Å². The van der Waals surface area contributed by atoms with Gasteiger partial charge in [-0.1, -0.05) is 92.6 Å². The average Bonchev–Trinajstić information content (AvgIpc) is 2.66. The molecule has 3 aromatic carbocycles. The van der Waals surface area contributed by atoms with E-state index in [1.807, 2.05) is 42.5 Å². The van der Waals surface area contributed by atoms with Crippen LogP contribution in [0.1, 0.15) is 79.0 Å². The van der Waals surface area contributed by atoms with Crippen LogP contribution in [0.3, 0.4) is 0 Å². The minimum atomic E-state index is -0.111. The van der Waals surface area contributed by atoms with Gasteiger partial charge in [0.1, 0.15) is 11.5 Å². The first-order valence-corrected chi connectivity index (χ1v) is 11.4. The van der Waals surface area contributed by atoms with Gasteiger partial charge in [-0.2, -0.15) is 0 Å². The molecule has 0 aliphatic carbocycles. The smallest absolute Gasteiger partial charge is 0.131 e. The number of benzene rings is 3. The van der Waals surface area contributed by atoms with Crippen molar-refractivity contribution in [3.63, 3.8) is 0 Å². The lowest BCUT2D eigenvalue weighted by atomic mass is 9.73. The first-order chi connectivity index (χ1) is 14.6. The molecule has 0 spiro atoms. The zero-order valence-corrected chi connectivity index (χ0v) is 21.1. The summed E-state index contributed by atoms with van der Waals surface area (Å²) in [5.74, 6) is 0.395. The Labute approximate surface area is 194 Å². The van der Waals surface area contributed by atoms with Crippen molar-refractivity contribution >= 4 is 0 Å². The minimum absolute atomic E-state index is 0.107. The predicted octanol–water partition coefficient (Wildman–Crippen LogP) is 8.32. The maximum absolute atomic E-state index is 11.4. The second-order valence-corrected chi connectivity index (χ2v) is 12.0. The maximum Gasteiger partial charge on any atom is 0.131 e. The average molecular weight is 431 g/mol. The second-order valence-electron chi connectivity index (χ2n) is 12.0. The van der Waals surface area contributed by atoms with Gasteiger partial charge < -0.3 is 10.2 Å². The molecule has 32 heavy (non-hydrogen) atoms. The summed E-state index contributed by atoms with van der Waals surface area (Å²) in [6, 6.07) is 18.0. The Kier molecular flexibility index (Phi) is 5.97. The van der Waals surface area contributed by atoms with Gasteiger partial charge in [0.2, 0.25) is 0 Å². The van der Waals surface area contributed by atoms with Crippen LogP contribution in [0.4, 0.5) is 0 Å².